The number of hydrogen-bond donors (Lipinski definition) is 1. The molecule has 1 atom stereocenters. The van der Waals surface area contributed by atoms with Gasteiger partial charge in [0.2, 0.25) is 11.9 Å². The van der Waals surface area contributed by atoms with Crippen molar-refractivity contribution in [3.05, 3.63) is 59.4 Å². The van der Waals surface area contributed by atoms with Crippen molar-refractivity contribution in [2.45, 2.75) is 31.8 Å². The molecule has 0 spiro atoms. The molecule has 2 heterocycles. The summed E-state index contributed by atoms with van der Waals surface area (Å²) in [5.41, 5.74) is 8.74. The highest BCUT2D eigenvalue weighted by molar-refractivity contribution is 5.92. The van der Waals surface area contributed by atoms with Gasteiger partial charge in [-0.1, -0.05) is 24.3 Å². The molecule has 0 saturated carbocycles. The van der Waals surface area contributed by atoms with Gasteiger partial charge >= 0.3 is 0 Å². The first-order chi connectivity index (χ1) is 13.0. The van der Waals surface area contributed by atoms with Crippen LogP contribution < -0.4 is 5.73 Å². The quantitative estimate of drug-likeness (QED) is 0.825. The van der Waals surface area contributed by atoms with Crippen LogP contribution in [-0.2, 0) is 11.3 Å². The van der Waals surface area contributed by atoms with Crippen molar-refractivity contribution >= 4 is 17.9 Å². The summed E-state index contributed by atoms with van der Waals surface area (Å²) < 4.78 is 0. The van der Waals surface area contributed by atoms with E-state index in [-0.39, 0.29) is 17.9 Å². The van der Waals surface area contributed by atoms with Crippen LogP contribution in [0.1, 0.15) is 42.0 Å². The maximum absolute atomic E-state index is 12.8. The SMILES string of the molecule is CN(C)Cc1ccc(C2CCCCN2C(=O)/C=C/c2cnc(N)nc2)cc1. The Hall–Kier alpha value is -2.73. The molecule has 3 rings (SSSR count). The predicted octanol–water partition coefficient (Wildman–Crippen LogP) is 2.89. The van der Waals surface area contributed by atoms with E-state index in [4.69, 9.17) is 5.73 Å². The normalized spacial score (nSPS) is 17.6. The molecular weight excluding hydrogens is 338 g/mol. The Morgan fingerprint density at radius 3 is 2.59 bits per heavy atom. The molecule has 1 aliphatic heterocycles. The Labute approximate surface area is 160 Å². The van der Waals surface area contributed by atoms with Crippen molar-refractivity contribution in [3.8, 4) is 0 Å². The highest BCUT2D eigenvalue weighted by Crippen LogP contribution is 2.31. The molecule has 1 amide bonds. The van der Waals surface area contributed by atoms with Crippen LogP contribution in [0.3, 0.4) is 0 Å². The first-order valence-corrected chi connectivity index (χ1v) is 9.32. The van der Waals surface area contributed by atoms with Crippen molar-refractivity contribution in [3.63, 3.8) is 0 Å². The lowest BCUT2D eigenvalue weighted by molar-refractivity contribution is -0.129. The van der Waals surface area contributed by atoms with Gasteiger partial charge in [-0.3, -0.25) is 4.79 Å². The number of carbonyl (C=O) groups is 1. The molecule has 2 aromatic rings. The fourth-order valence-electron chi connectivity index (χ4n) is 3.45. The zero-order chi connectivity index (χ0) is 19.2. The molecule has 6 heteroatoms. The number of nitrogens with zero attached hydrogens (tertiary/aromatic N) is 4. The van der Waals surface area contributed by atoms with Crippen LogP contribution in [-0.4, -0.2) is 46.3 Å². The minimum Gasteiger partial charge on any atom is -0.368 e. The van der Waals surface area contributed by atoms with Gasteiger partial charge in [0.15, 0.2) is 0 Å². The highest BCUT2D eigenvalue weighted by atomic mass is 16.2. The Bertz CT molecular complexity index is 783. The second-order valence-electron chi connectivity index (χ2n) is 7.23. The Balaban J connectivity index is 1.72. The lowest BCUT2D eigenvalue weighted by Crippen LogP contribution is -2.37. The maximum atomic E-state index is 12.8. The molecule has 1 aliphatic rings. The van der Waals surface area contributed by atoms with E-state index in [9.17, 15) is 4.79 Å². The van der Waals surface area contributed by atoms with E-state index < -0.39 is 0 Å². The van der Waals surface area contributed by atoms with E-state index in [1.165, 1.54) is 11.1 Å². The second kappa shape index (κ2) is 8.77. The van der Waals surface area contributed by atoms with Crippen molar-refractivity contribution in [1.29, 1.82) is 0 Å². The van der Waals surface area contributed by atoms with Gasteiger partial charge in [0, 0.05) is 37.1 Å². The summed E-state index contributed by atoms with van der Waals surface area (Å²) in [6.07, 6.45) is 9.76. The number of benzene rings is 1. The number of aromatic nitrogens is 2. The van der Waals surface area contributed by atoms with Gasteiger partial charge in [0.05, 0.1) is 6.04 Å². The summed E-state index contributed by atoms with van der Waals surface area (Å²) in [4.78, 5) is 24.8. The first-order valence-electron chi connectivity index (χ1n) is 9.32. The van der Waals surface area contributed by atoms with E-state index in [1.807, 2.05) is 4.90 Å². The van der Waals surface area contributed by atoms with Crippen LogP contribution in [0.5, 0.6) is 0 Å². The minimum absolute atomic E-state index is 0.0221. The number of anilines is 1. The lowest BCUT2D eigenvalue weighted by atomic mass is 9.94. The molecule has 0 aliphatic carbocycles. The number of nitrogen functional groups attached to an aromatic ring is 1. The van der Waals surface area contributed by atoms with Crippen molar-refractivity contribution in [1.82, 2.24) is 19.8 Å². The van der Waals surface area contributed by atoms with Crippen LogP contribution >= 0.6 is 0 Å². The van der Waals surface area contributed by atoms with Gasteiger partial charge in [-0.05, 0) is 50.6 Å². The fourth-order valence-corrected chi connectivity index (χ4v) is 3.45. The molecule has 0 radical (unpaired) electrons. The molecular formula is C21H27N5O. The molecule has 0 bridgehead atoms. The number of rotatable bonds is 5. The summed E-state index contributed by atoms with van der Waals surface area (Å²) in [5, 5.41) is 0. The van der Waals surface area contributed by atoms with E-state index >= 15 is 0 Å². The molecule has 1 aromatic carbocycles. The highest BCUT2D eigenvalue weighted by Gasteiger charge is 2.26. The van der Waals surface area contributed by atoms with E-state index in [2.05, 4.69) is 53.2 Å². The first kappa shape index (κ1) is 19.0. The Morgan fingerprint density at radius 2 is 1.93 bits per heavy atom. The molecule has 2 N–H and O–H groups in total. The van der Waals surface area contributed by atoms with Crippen LogP contribution in [0.4, 0.5) is 5.95 Å². The van der Waals surface area contributed by atoms with Crippen LogP contribution in [0, 0.1) is 0 Å². The topological polar surface area (TPSA) is 75.3 Å². The van der Waals surface area contributed by atoms with Crippen molar-refractivity contribution in [2.75, 3.05) is 26.4 Å². The van der Waals surface area contributed by atoms with Gasteiger partial charge in [0.1, 0.15) is 0 Å². The summed E-state index contributed by atoms with van der Waals surface area (Å²) in [6.45, 7) is 1.70. The van der Waals surface area contributed by atoms with Gasteiger partial charge in [-0.15, -0.1) is 0 Å². The molecule has 6 nitrogen and oxygen atoms in total. The number of carbonyl (C=O) groups excluding carboxylic acids is 1. The average molecular weight is 365 g/mol. The molecule has 142 valence electrons. The zero-order valence-corrected chi connectivity index (χ0v) is 16.0. The van der Waals surface area contributed by atoms with Crippen molar-refractivity contribution in [2.24, 2.45) is 0 Å². The molecule has 1 unspecified atom stereocenters. The third kappa shape index (κ3) is 5.14. The minimum atomic E-state index is 0.0221. The summed E-state index contributed by atoms with van der Waals surface area (Å²) >= 11 is 0. The Kier molecular flexibility index (Phi) is 6.19. The smallest absolute Gasteiger partial charge is 0.247 e. The largest absolute Gasteiger partial charge is 0.368 e. The van der Waals surface area contributed by atoms with E-state index in [0.29, 0.717) is 0 Å². The summed E-state index contributed by atoms with van der Waals surface area (Å²) in [5.74, 6) is 0.251. The van der Waals surface area contributed by atoms with Crippen LogP contribution in [0.15, 0.2) is 42.7 Å². The third-order valence-corrected chi connectivity index (χ3v) is 4.76. The van der Waals surface area contributed by atoms with Gasteiger partial charge < -0.3 is 15.5 Å². The standard InChI is InChI=1S/C21H27N5O/c1-25(2)15-16-6-9-18(10-7-16)19-5-3-4-12-26(19)20(27)11-8-17-13-23-21(22)24-14-17/h6-11,13-14,19H,3-5,12,15H2,1-2H3,(H2,22,23,24)/b11-8+. The summed E-state index contributed by atoms with van der Waals surface area (Å²) in [7, 11) is 4.13. The number of amides is 1. The van der Waals surface area contributed by atoms with Gasteiger partial charge in [-0.25, -0.2) is 9.97 Å². The number of likely N-dealkylation sites (tertiary alicyclic amines) is 1. The molecule has 1 saturated heterocycles. The van der Waals surface area contributed by atoms with Gasteiger partial charge in [0.25, 0.3) is 0 Å². The predicted molar refractivity (Wildman–Crippen MR) is 108 cm³/mol. The zero-order valence-electron chi connectivity index (χ0n) is 16.0. The number of nitrogens with two attached hydrogens (primary N) is 1. The lowest BCUT2D eigenvalue weighted by Gasteiger charge is -2.35. The fraction of sp³-hybridized carbons (Fsp3) is 0.381. The molecule has 1 aromatic heterocycles. The summed E-state index contributed by atoms with van der Waals surface area (Å²) in [6, 6.07) is 8.77. The molecule has 27 heavy (non-hydrogen) atoms. The second-order valence-corrected chi connectivity index (χ2v) is 7.23. The monoisotopic (exact) mass is 365 g/mol. The Morgan fingerprint density at radius 1 is 1.22 bits per heavy atom. The number of piperidine rings is 1. The van der Waals surface area contributed by atoms with Crippen molar-refractivity contribution < 1.29 is 4.79 Å². The van der Waals surface area contributed by atoms with Crippen LogP contribution in [0.2, 0.25) is 0 Å². The number of hydrogen-bond acceptors (Lipinski definition) is 5. The van der Waals surface area contributed by atoms with E-state index in [1.54, 1.807) is 24.5 Å². The van der Waals surface area contributed by atoms with Crippen LogP contribution in [0.25, 0.3) is 6.08 Å². The average Bonchev–Trinajstić information content (AvgIpc) is 2.67. The maximum Gasteiger partial charge on any atom is 0.247 e. The molecule has 1 fully saturated rings. The van der Waals surface area contributed by atoms with Gasteiger partial charge in [-0.2, -0.15) is 0 Å². The third-order valence-electron chi connectivity index (χ3n) is 4.76. The van der Waals surface area contributed by atoms with E-state index in [0.717, 1.165) is 37.9 Å².